The fourth-order valence-corrected chi connectivity index (χ4v) is 3.40. The average molecular weight is 345 g/mol. The van der Waals surface area contributed by atoms with E-state index in [1.165, 1.54) is 11.1 Å². The fourth-order valence-electron chi connectivity index (χ4n) is 3.40. The Kier molecular flexibility index (Phi) is 6.83. The molecule has 1 saturated carbocycles. The average Bonchev–Trinajstić information content (AvgIpc) is 3.03. The third-order valence-electron chi connectivity index (χ3n) is 4.73. The number of carbonyl (C=O) groups excluding carboxylic acids is 1. The molecule has 4 heteroatoms. The Hall–Kier alpha value is -1.84. The molecule has 24 heavy (non-hydrogen) atoms. The van der Waals surface area contributed by atoms with Crippen LogP contribution in [0.15, 0.2) is 60.7 Å². The van der Waals surface area contributed by atoms with Gasteiger partial charge in [0.05, 0.1) is 0 Å². The minimum absolute atomic E-state index is 0. The maximum Gasteiger partial charge on any atom is 0.223 e. The van der Waals surface area contributed by atoms with Crippen molar-refractivity contribution in [1.82, 2.24) is 5.32 Å². The second-order valence-electron chi connectivity index (χ2n) is 6.39. The monoisotopic (exact) mass is 344 g/mol. The van der Waals surface area contributed by atoms with Gasteiger partial charge in [-0.3, -0.25) is 4.79 Å². The molecule has 0 bridgehead atoms. The third-order valence-corrected chi connectivity index (χ3v) is 4.73. The lowest BCUT2D eigenvalue weighted by Crippen LogP contribution is -2.33. The summed E-state index contributed by atoms with van der Waals surface area (Å²) in [6.07, 6.45) is 2.68. The quantitative estimate of drug-likeness (QED) is 0.872. The van der Waals surface area contributed by atoms with Gasteiger partial charge in [0.25, 0.3) is 0 Å². The van der Waals surface area contributed by atoms with E-state index in [4.69, 9.17) is 5.73 Å². The van der Waals surface area contributed by atoms with Gasteiger partial charge in [-0.1, -0.05) is 60.7 Å². The van der Waals surface area contributed by atoms with E-state index >= 15 is 0 Å². The normalized spacial score (nSPS) is 19.8. The van der Waals surface area contributed by atoms with Crippen LogP contribution in [0.2, 0.25) is 0 Å². The van der Waals surface area contributed by atoms with Crippen LogP contribution in [0.4, 0.5) is 0 Å². The molecule has 2 atom stereocenters. The van der Waals surface area contributed by atoms with Crippen LogP contribution < -0.4 is 11.1 Å². The molecule has 0 spiro atoms. The summed E-state index contributed by atoms with van der Waals surface area (Å²) in [6, 6.07) is 20.9. The number of hydrogen-bond donors (Lipinski definition) is 2. The Morgan fingerprint density at radius 3 is 2.00 bits per heavy atom. The summed E-state index contributed by atoms with van der Waals surface area (Å²) in [4.78, 5) is 12.4. The molecule has 1 fully saturated rings. The molecule has 0 heterocycles. The van der Waals surface area contributed by atoms with Crippen LogP contribution >= 0.6 is 12.4 Å². The Morgan fingerprint density at radius 1 is 1.00 bits per heavy atom. The van der Waals surface area contributed by atoms with Gasteiger partial charge in [-0.2, -0.15) is 0 Å². The molecule has 0 saturated heterocycles. The number of hydrogen-bond acceptors (Lipinski definition) is 2. The van der Waals surface area contributed by atoms with E-state index < -0.39 is 0 Å². The first kappa shape index (κ1) is 18.5. The molecule has 2 unspecified atom stereocenters. The molecule has 2 aromatic carbocycles. The van der Waals surface area contributed by atoms with Gasteiger partial charge in [0, 0.05) is 24.4 Å². The standard InChI is InChI=1S/C20H24N2O.ClH/c21-18-12-11-17(13-18)20(23)22-14-19(15-7-3-1-4-8-15)16-9-5-2-6-10-16;/h1-10,17-19H,11-14,21H2,(H,22,23);1H. The molecular weight excluding hydrogens is 320 g/mol. The minimum atomic E-state index is 0. The lowest BCUT2D eigenvalue weighted by Gasteiger charge is -2.20. The third kappa shape index (κ3) is 4.59. The molecule has 1 amide bonds. The van der Waals surface area contributed by atoms with Crippen LogP contribution in [0.5, 0.6) is 0 Å². The predicted octanol–water partition coefficient (Wildman–Crippen LogP) is 3.48. The number of nitrogens with one attached hydrogen (secondary N) is 1. The van der Waals surface area contributed by atoms with E-state index in [2.05, 4.69) is 29.6 Å². The van der Waals surface area contributed by atoms with Crippen LogP contribution in [0.3, 0.4) is 0 Å². The smallest absolute Gasteiger partial charge is 0.223 e. The van der Waals surface area contributed by atoms with Gasteiger partial charge >= 0.3 is 0 Å². The van der Waals surface area contributed by atoms with E-state index in [1.54, 1.807) is 0 Å². The highest BCUT2D eigenvalue weighted by molar-refractivity contribution is 5.85. The summed E-state index contributed by atoms with van der Waals surface area (Å²) in [6.45, 7) is 0.624. The van der Waals surface area contributed by atoms with E-state index in [0.29, 0.717) is 6.54 Å². The van der Waals surface area contributed by atoms with Gasteiger partial charge in [0.2, 0.25) is 5.91 Å². The van der Waals surface area contributed by atoms with Gasteiger partial charge in [-0.25, -0.2) is 0 Å². The largest absolute Gasteiger partial charge is 0.355 e. The van der Waals surface area contributed by atoms with Crippen LogP contribution in [0, 0.1) is 5.92 Å². The summed E-state index contributed by atoms with van der Waals surface area (Å²) in [5.74, 6) is 0.406. The first-order valence-electron chi connectivity index (χ1n) is 8.37. The van der Waals surface area contributed by atoms with Gasteiger partial charge in [0.15, 0.2) is 0 Å². The molecular formula is C20H25ClN2O. The topological polar surface area (TPSA) is 55.1 Å². The molecule has 0 aliphatic heterocycles. The molecule has 0 radical (unpaired) electrons. The number of halogens is 1. The zero-order chi connectivity index (χ0) is 16.1. The van der Waals surface area contributed by atoms with Crippen molar-refractivity contribution >= 4 is 18.3 Å². The summed E-state index contributed by atoms with van der Waals surface area (Å²) >= 11 is 0. The second-order valence-corrected chi connectivity index (χ2v) is 6.39. The van der Waals surface area contributed by atoms with Gasteiger partial charge < -0.3 is 11.1 Å². The molecule has 3 nitrogen and oxygen atoms in total. The van der Waals surface area contributed by atoms with Crippen molar-refractivity contribution in [2.45, 2.75) is 31.2 Å². The predicted molar refractivity (Wildman–Crippen MR) is 100 cm³/mol. The SMILES string of the molecule is Cl.NC1CCC(C(=O)NCC(c2ccccc2)c2ccccc2)C1. The van der Waals surface area contributed by atoms with Gasteiger partial charge in [0.1, 0.15) is 0 Å². The molecule has 2 aromatic rings. The van der Waals surface area contributed by atoms with Gasteiger partial charge in [-0.15, -0.1) is 12.4 Å². The molecule has 3 rings (SSSR count). The Balaban J connectivity index is 0.00000208. The van der Waals surface area contributed by atoms with Crippen molar-refractivity contribution in [1.29, 1.82) is 0 Å². The highest BCUT2D eigenvalue weighted by Gasteiger charge is 2.28. The first-order valence-corrected chi connectivity index (χ1v) is 8.37. The van der Waals surface area contributed by atoms with Crippen molar-refractivity contribution in [3.8, 4) is 0 Å². The fraction of sp³-hybridized carbons (Fsp3) is 0.350. The van der Waals surface area contributed by atoms with E-state index in [1.807, 2.05) is 36.4 Å². The highest BCUT2D eigenvalue weighted by atomic mass is 35.5. The molecule has 1 aliphatic rings. The van der Waals surface area contributed by atoms with Crippen molar-refractivity contribution < 1.29 is 4.79 Å². The summed E-state index contributed by atoms with van der Waals surface area (Å²) in [5.41, 5.74) is 8.37. The Morgan fingerprint density at radius 2 is 1.54 bits per heavy atom. The Labute approximate surface area is 150 Å². The maximum absolute atomic E-state index is 12.4. The molecule has 3 N–H and O–H groups in total. The molecule has 128 valence electrons. The minimum Gasteiger partial charge on any atom is -0.355 e. The van der Waals surface area contributed by atoms with Crippen molar-refractivity contribution in [3.63, 3.8) is 0 Å². The number of carbonyl (C=O) groups is 1. The Bertz CT molecular complexity index is 593. The summed E-state index contributed by atoms with van der Waals surface area (Å²) in [5, 5.41) is 3.15. The molecule has 0 aromatic heterocycles. The highest BCUT2D eigenvalue weighted by Crippen LogP contribution is 2.26. The van der Waals surface area contributed by atoms with Crippen LogP contribution in [-0.2, 0) is 4.79 Å². The summed E-state index contributed by atoms with van der Waals surface area (Å²) < 4.78 is 0. The lowest BCUT2D eigenvalue weighted by molar-refractivity contribution is -0.124. The first-order chi connectivity index (χ1) is 11.2. The zero-order valence-electron chi connectivity index (χ0n) is 13.7. The van der Waals surface area contributed by atoms with E-state index in [9.17, 15) is 4.79 Å². The van der Waals surface area contributed by atoms with Crippen LogP contribution in [-0.4, -0.2) is 18.5 Å². The zero-order valence-corrected chi connectivity index (χ0v) is 14.5. The second kappa shape index (κ2) is 8.86. The number of benzene rings is 2. The van der Waals surface area contributed by atoms with Crippen molar-refractivity contribution in [2.75, 3.05) is 6.54 Å². The van der Waals surface area contributed by atoms with Crippen LogP contribution in [0.1, 0.15) is 36.3 Å². The molecule has 1 aliphatic carbocycles. The maximum atomic E-state index is 12.4. The number of rotatable bonds is 5. The number of nitrogens with two attached hydrogens (primary N) is 1. The lowest BCUT2D eigenvalue weighted by atomic mass is 9.91. The van der Waals surface area contributed by atoms with E-state index in [0.717, 1.165) is 19.3 Å². The van der Waals surface area contributed by atoms with Gasteiger partial charge in [-0.05, 0) is 30.4 Å². The summed E-state index contributed by atoms with van der Waals surface area (Å²) in [7, 11) is 0. The van der Waals surface area contributed by atoms with Crippen LogP contribution in [0.25, 0.3) is 0 Å². The van der Waals surface area contributed by atoms with Crippen molar-refractivity contribution in [3.05, 3.63) is 71.8 Å². The van der Waals surface area contributed by atoms with Crippen molar-refractivity contribution in [2.24, 2.45) is 11.7 Å². The number of amides is 1. The van der Waals surface area contributed by atoms with E-state index in [-0.39, 0.29) is 36.2 Å².